The molecule has 2 N–H and O–H groups in total. The molecule has 0 saturated heterocycles. The normalized spacial score (nSPS) is 15.0. The van der Waals surface area contributed by atoms with Crippen molar-refractivity contribution in [3.8, 4) is 0 Å². The third-order valence-electron chi connectivity index (χ3n) is 2.01. The molecule has 84 valence electrons. The van der Waals surface area contributed by atoms with Gasteiger partial charge in [0.2, 0.25) is 0 Å². The van der Waals surface area contributed by atoms with Crippen LogP contribution >= 0.6 is 27.7 Å². The van der Waals surface area contributed by atoms with E-state index in [2.05, 4.69) is 15.9 Å². The molecule has 1 aromatic rings. The molecule has 1 aromatic carbocycles. The molecule has 2 nitrogen and oxygen atoms in total. The largest absolute Gasteiger partial charge is 0.395 e. The molecule has 0 aliphatic carbocycles. The number of aliphatic hydroxyl groups excluding tert-OH is 2. The summed E-state index contributed by atoms with van der Waals surface area (Å²) in [6.45, 7) is 3.84. The Bertz CT molecular complexity index is 328. The van der Waals surface area contributed by atoms with Crippen molar-refractivity contribution in [2.75, 3.05) is 6.61 Å². The van der Waals surface area contributed by atoms with Crippen molar-refractivity contribution in [3.05, 3.63) is 28.2 Å². The van der Waals surface area contributed by atoms with Crippen LogP contribution < -0.4 is 0 Å². The van der Waals surface area contributed by atoms with Crippen LogP contribution in [0.15, 0.2) is 27.6 Å². The zero-order chi connectivity index (χ0) is 11.4. The van der Waals surface area contributed by atoms with Crippen LogP contribution in [0.3, 0.4) is 0 Å². The monoisotopic (exact) mass is 290 g/mol. The van der Waals surface area contributed by atoms with Gasteiger partial charge in [-0.2, -0.15) is 0 Å². The minimum atomic E-state index is -0.490. The van der Waals surface area contributed by atoms with Crippen LogP contribution in [0.2, 0.25) is 0 Å². The zero-order valence-electron chi connectivity index (χ0n) is 8.77. The first kappa shape index (κ1) is 13.0. The van der Waals surface area contributed by atoms with Gasteiger partial charge in [0.25, 0.3) is 0 Å². The Morgan fingerprint density at radius 1 is 1.40 bits per heavy atom. The molecule has 4 heteroatoms. The predicted molar refractivity (Wildman–Crippen MR) is 67.2 cm³/mol. The van der Waals surface area contributed by atoms with Crippen molar-refractivity contribution in [1.82, 2.24) is 0 Å². The van der Waals surface area contributed by atoms with Crippen molar-refractivity contribution in [3.63, 3.8) is 0 Å². The van der Waals surface area contributed by atoms with Crippen LogP contribution in [-0.2, 0) is 0 Å². The summed E-state index contributed by atoms with van der Waals surface area (Å²) in [7, 11) is 0. The van der Waals surface area contributed by atoms with E-state index in [1.165, 1.54) is 0 Å². The summed E-state index contributed by atoms with van der Waals surface area (Å²) >= 11 is 4.95. The van der Waals surface area contributed by atoms with Crippen LogP contribution in [0.1, 0.15) is 25.5 Å². The summed E-state index contributed by atoms with van der Waals surface area (Å²) in [4.78, 5) is 1.02. The SMILES string of the molecule is CC(CO)Sc1ccc(Br)cc1C(C)O. The van der Waals surface area contributed by atoms with Gasteiger partial charge in [0, 0.05) is 14.6 Å². The second-order valence-corrected chi connectivity index (χ2v) is 5.87. The van der Waals surface area contributed by atoms with E-state index in [0.29, 0.717) is 0 Å². The Morgan fingerprint density at radius 3 is 2.60 bits per heavy atom. The lowest BCUT2D eigenvalue weighted by Gasteiger charge is -2.14. The molecule has 0 fully saturated rings. The van der Waals surface area contributed by atoms with E-state index in [9.17, 15) is 5.11 Å². The topological polar surface area (TPSA) is 40.5 Å². The molecule has 0 aliphatic rings. The van der Waals surface area contributed by atoms with Crippen molar-refractivity contribution < 1.29 is 10.2 Å². The Balaban J connectivity index is 2.95. The van der Waals surface area contributed by atoms with Gasteiger partial charge in [-0.05, 0) is 30.7 Å². The van der Waals surface area contributed by atoms with E-state index >= 15 is 0 Å². The van der Waals surface area contributed by atoms with E-state index in [-0.39, 0.29) is 11.9 Å². The average Bonchev–Trinajstić information content (AvgIpc) is 2.20. The number of hydrogen-bond donors (Lipinski definition) is 2. The molecule has 0 bridgehead atoms. The van der Waals surface area contributed by atoms with Crippen LogP contribution in [0.4, 0.5) is 0 Å². The fraction of sp³-hybridized carbons (Fsp3) is 0.455. The van der Waals surface area contributed by atoms with Gasteiger partial charge in [0.05, 0.1) is 12.7 Å². The second-order valence-electron chi connectivity index (χ2n) is 3.47. The highest BCUT2D eigenvalue weighted by Crippen LogP contribution is 2.32. The molecule has 15 heavy (non-hydrogen) atoms. The fourth-order valence-corrected chi connectivity index (χ4v) is 2.61. The van der Waals surface area contributed by atoms with Crippen molar-refractivity contribution in [2.45, 2.75) is 30.1 Å². The van der Waals surface area contributed by atoms with Gasteiger partial charge in [0.1, 0.15) is 0 Å². The second kappa shape index (κ2) is 5.89. The standard InChI is InChI=1S/C11H15BrO2S/c1-7(6-13)15-11-4-3-9(12)5-10(11)8(2)14/h3-5,7-8,13-14H,6H2,1-2H3. The van der Waals surface area contributed by atoms with E-state index < -0.39 is 6.10 Å². The third-order valence-corrected chi connectivity index (χ3v) is 3.68. The van der Waals surface area contributed by atoms with Crippen molar-refractivity contribution >= 4 is 27.7 Å². The minimum absolute atomic E-state index is 0.139. The summed E-state index contributed by atoms with van der Waals surface area (Å²) < 4.78 is 0.958. The average molecular weight is 291 g/mol. The lowest BCUT2D eigenvalue weighted by Crippen LogP contribution is -2.03. The number of hydrogen-bond acceptors (Lipinski definition) is 3. The molecule has 0 amide bonds. The first-order chi connectivity index (χ1) is 7.04. The quantitative estimate of drug-likeness (QED) is 0.838. The molecule has 0 spiro atoms. The molecule has 0 aromatic heterocycles. The summed E-state index contributed by atoms with van der Waals surface area (Å²) in [5, 5.41) is 18.7. The fourth-order valence-electron chi connectivity index (χ4n) is 1.21. The third kappa shape index (κ3) is 3.79. The molecule has 0 aliphatic heterocycles. The first-order valence-electron chi connectivity index (χ1n) is 4.79. The maximum Gasteiger partial charge on any atom is 0.0773 e. The summed E-state index contributed by atoms with van der Waals surface area (Å²) in [6, 6.07) is 5.82. The predicted octanol–water partition coefficient (Wildman–Crippen LogP) is 2.98. The van der Waals surface area contributed by atoms with Gasteiger partial charge in [-0.15, -0.1) is 11.8 Å². The number of benzene rings is 1. The molecule has 1 rings (SSSR count). The van der Waals surface area contributed by atoms with Crippen molar-refractivity contribution in [1.29, 1.82) is 0 Å². The van der Waals surface area contributed by atoms with Crippen LogP contribution in [0.5, 0.6) is 0 Å². The zero-order valence-corrected chi connectivity index (χ0v) is 11.2. The maximum absolute atomic E-state index is 9.62. The molecule has 2 atom stereocenters. The van der Waals surface area contributed by atoms with E-state index in [1.54, 1.807) is 18.7 Å². The molecular weight excluding hydrogens is 276 g/mol. The Labute approximate surface area is 103 Å². The minimum Gasteiger partial charge on any atom is -0.395 e. The highest BCUT2D eigenvalue weighted by molar-refractivity contribution is 9.10. The number of rotatable bonds is 4. The number of halogens is 1. The van der Waals surface area contributed by atoms with Crippen LogP contribution in [0.25, 0.3) is 0 Å². The van der Waals surface area contributed by atoms with Gasteiger partial charge in [-0.25, -0.2) is 0 Å². The summed E-state index contributed by atoms with van der Waals surface area (Å²) in [5.74, 6) is 0. The lowest BCUT2D eigenvalue weighted by atomic mass is 10.1. The molecular formula is C11H15BrO2S. The molecule has 0 radical (unpaired) electrons. The maximum atomic E-state index is 9.62. The Hall–Kier alpha value is -0.0300. The number of aliphatic hydroxyl groups is 2. The van der Waals surface area contributed by atoms with Crippen molar-refractivity contribution in [2.24, 2.45) is 0 Å². The van der Waals surface area contributed by atoms with Crippen LogP contribution in [-0.4, -0.2) is 22.1 Å². The summed E-state index contributed by atoms with van der Waals surface area (Å²) in [6.07, 6.45) is -0.490. The van der Waals surface area contributed by atoms with Gasteiger partial charge in [-0.1, -0.05) is 22.9 Å². The van der Waals surface area contributed by atoms with Gasteiger partial charge in [0.15, 0.2) is 0 Å². The molecule has 0 saturated carbocycles. The first-order valence-corrected chi connectivity index (χ1v) is 6.47. The van der Waals surface area contributed by atoms with Gasteiger partial charge < -0.3 is 10.2 Å². The number of thioether (sulfide) groups is 1. The van der Waals surface area contributed by atoms with Crippen LogP contribution in [0, 0.1) is 0 Å². The molecule has 0 heterocycles. The van der Waals surface area contributed by atoms with E-state index in [0.717, 1.165) is 14.9 Å². The molecule has 2 unspecified atom stereocenters. The van der Waals surface area contributed by atoms with Gasteiger partial charge in [-0.3, -0.25) is 0 Å². The van der Waals surface area contributed by atoms with Gasteiger partial charge >= 0.3 is 0 Å². The smallest absolute Gasteiger partial charge is 0.0773 e. The summed E-state index contributed by atoms with van der Waals surface area (Å²) in [5.41, 5.74) is 0.898. The Morgan fingerprint density at radius 2 is 2.07 bits per heavy atom. The van der Waals surface area contributed by atoms with E-state index in [1.807, 2.05) is 25.1 Å². The van der Waals surface area contributed by atoms with E-state index in [4.69, 9.17) is 5.11 Å². The highest BCUT2D eigenvalue weighted by Gasteiger charge is 2.11. The lowest BCUT2D eigenvalue weighted by molar-refractivity contribution is 0.196. The Kier molecular flexibility index (Phi) is 5.12. The highest BCUT2D eigenvalue weighted by atomic mass is 79.9.